The van der Waals surface area contributed by atoms with Crippen molar-refractivity contribution in [2.45, 2.75) is 33.1 Å². The molecule has 1 aromatic rings. The highest BCUT2D eigenvalue weighted by molar-refractivity contribution is 7.80. The highest BCUT2D eigenvalue weighted by Crippen LogP contribution is 2.34. The van der Waals surface area contributed by atoms with E-state index in [0.717, 1.165) is 11.1 Å². The summed E-state index contributed by atoms with van der Waals surface area (Å²) in [6, 6.07) is 3.66. The van der Waals surface area contributed by atoms with Crippen molar-refractivity contribution in [3.63, 3.8) is 0 Å². The van der Waals surface area contributed by atoms with Crippen LogP contribution in [0.25, 0.3) is 0 Å². The number of benzene rings is 1. The molecule has 0 aliphatic rings. The van der Waals surface area contributed by atoms with E-state index in [2.05, 4.69) is 20.8 Å². The minimum absolute atomic E-state index is 0.187. The van der Waals surface area contributed by atoms with Gasteiger partial charge in [0.2, 0.25) is 0 Å². The summed E-state index contributed by atoms with van der Waals surface area (Å²) >= 11 is 5.21. The molecule has 0 fully saturated rings. The number of esters is 1. The van der Waals surface area contributed by atoms with Crippen molar-refractivity contribution < 1.29 is 14.3 Å². The molecule has 0 spiro atoms. The minimum atomic E-state index is -0.347. The molecule has 4 nitrogen and oxygen atoms in total. The summed E-state index contributed by atoms with van der Waals surface area (Å²) in [4.78, 5) is 13.6. The summed E-state index contributed by atoms with van der Waals surface area (Å²) in [5, 5.41) is 0.380. The van der Waals surface area contributed by atoms with E-state index in [0.29, 0.717) is 16.5 Å². The van der Waals surface area contributed by atoms with E-state index in [1.54, 1.807) is 4.90 Å². The van der Waals surface area contributed by atoms with Crippen LogP contribution in [0, 0.1) is 6.92 Å². The van der Waals surface area contributed by atoms with Crippen LogP contribution in [0.5, 0.6) is 5.75 Å². The SMILES string of the molecule is COC(=O)c1cc(C(C)(C)C)c(OC(=S)N(C)C)cc1C. The first kappa shape index (κ1) is 17.4. The predicted octanol–water partition coefficient (Wildman–Crippen LogP) is 3.30. The maximum atomic E-state index is 11.9. The fraction of sp³-hybridized carbons (Fsp3) is 0.500. The molecule has 0 unspecified atom stereocenters. The number of nitrogens with zero attached hydrogens (tertiary/aromatic N) is 1. The maximum absolute atomic E-state index is 11.9. The van der Waals surface area contributed by atoms with Crippen LogP contribution >= 0.6 is 12.2 Å². The van der Waals surface area contributed by atoms with E-state index >= 15 is 0 Å². The number of ether oxygens (including phenoxy) is 2. The Bertz CT molecular complexity index is 559. The summed E-state index contributed by atoms with van der Waals surface area (Å²) in [6.07, 6.45) is 0. The summed E-state index contributed by atoms with van der Waals surface area (Å²) in [6.45, 7) is 8.03. The van der Waals surface area contributed by atoms with Crippen molar-refractivity contribution in [2.75, 3.05) is 21.2 Å². The first-order chi connectivity index (χ1) is 9.57. The molecule has 1 rings (SSSR count). The van der Waals surface area contributed by atoms with Gasteiger partial charge >= 0.3 is 5.97 Å². The third-order valence-corrected chi connectivity index (χ3v) is 3.55. The number of hydrogen-bond donors (Lipinski definition) is 0. The lowest BCUT2D eigenvalue weighted by molar-refractivity contribution is 0.0599. The van der Waals surface area contributed by atoms with Gasteiger partial charge in [-0.25, -0.2) is 4.79 Å². The van der Waals surface area contributed by atoms with Crippen molar-refractivity contribution in [2.24, 2.45) is 0 Å². The fourth-order valence-corrected chi connectivity index (χ4v) is 1.96. The number of aryl methyl sites for hydroxylation is 1. The van der Waals surface area contributed by atoms with Gasteiger partial charge in [0.25, 0.3) is 5.17 Å². The summed E-state index contributed by atoms with van der Waals surface area (Å²) in [5.41, 5.74) is 2.07. The summed E-state index contributed by atoms with van der Waals surface area (Å²) in [7, 11) is 5.04. The molecule has 0 radical (unpaired) electrons. The van der Waals surface area contributed by atoms with E-state index < -0.39 is 0 Å². The molecule has 0 bridgehead atoms. The Morgan fingerprint density at radius 3 is 2.24 bits per heavy atom. The van der Waals surface area contributed by atoms with Gasteiger partial charge in [-0.1, -0.05) is 20.8 Å². The van der Waals surface area contributed by atoms with Crippen molar-refractivity contribution >= 4 is 23.4 Å². The van der Waals surface area contributed by atoms with Crippen molar-refractivity contribution in [3.8, 4) is 5.75 Å². The standard InChI is InChI=1S/C16H23NO3S/c1-10-8-13(20-15(21)17(5)6)12(16(2,3)4)9-11(10)14(18)19-7/h8-9H,1-7H3. The van der Waals surface area contributed by atoms with Crippen LogP contribution in [0.4, 0.5) is 0 Å². The lowest BCUT2D eigenvalue weighted by Crippen LogP contribution is -2.26. The van der Waals surface area contributed by atoms with Crippen LogP contribution in [0.1, 0.15) is 42.3 Å². The molecule has 0 atom stereocenters. The molecule has 0 saturated carbocycles. The Kier molecular flexibility index (Phi) is 5.34. The van der Waals surface area contributed by atoms with Crippen LogP contribution in [0.15, 0.2) is 12.1 Å². The Labute approximate surface area is 132 Å². The van der Waals surface area contributed by atoms with Gasteiger partial charge in [-0.05, 0) is 42.3 Å². The second-order valence-corrected chi connectivity index (χ2v) is 6.52. The average Bonchev–Trinajstić information content (AvgIpc) is 2.36. The lowest BCUT2D eigenvalue weighted by atomic mass is 9.84. The smallest absolute Gasteiger partial charge is 0.338 e. The van der Waals surface area contributed by atoms with Crippen LogP contribution < -0.4 is 4.74 Å². The molecule has 116 valence electrons. The van der Waals surface area contributed by atoms with E-state index in [4.69, 9.17) is 21.7 Å². The highest BCUT2D eigenvalue weighted by Gasteiger charge is 2.24. The third kappa shape index (κ3) is 4.17. The van der Waals surface area contributed by atoms with Gasteiger partial charge in [-0.15, -0.1) is 0 Å². The number of rotatable bonds is 2. The van der Waals surface area contributed by atoms with Crippen molar-refractivity contribution in [3.05, 3.63) is 28.8 Å². The van der Waals surface area contributed by atoms with Gasteiger partial charge in [0, 0.05) is 19.7 Å². The van der Waals surface area contributed by atoms with E-state index in [-0.39, 0.29) is 11.4 Å². The van der Waals surface area contributed by atoms with Crippen LogP contribution in [-0.4, -0.2) is 37.2 Å². The van der Waals surface area contributed by atoms with Crippen molar-refractivity contribution in [1.29, 1.82) is 0 Å². The zero-order valence-electron chi connectivity index (χ0n) is 13.7. The third-order valence-electron chi connectivity index (χ3n) is 3.10. The molecule has 0 aliphatic heterocycles. The summed E-state index contributed by atoms with van der Waals surface area (Å²) in [5.74, 6) is 0.325. The molecule has 5 heteroatoms. The molecule has 0 N–H and O–H groups in total. The lowest BCUT2D eigenvalue weighted by Gasteiger charge is -2.25. The number of methoxy groups -OCH3 is 1. The molecule has 21 heavy (non-hydrogen) atoms. The Hall–Kier alpha value is -1.62. The molecule has 1 aromatic carbocycles. The topological polar surface area (TPSA) is 38.8 Å². The monoisotopic (exact) mass is 309 g/mol. The number of carbonyl (C=O) groups excluding carboxylic acids is 1. The molecule has 0 aromatic heterocycles. The molecule has 0 saturated heterocycles. The molecular weight excluding hydrogens is 286 g/mol. The molecule has 0 amide bonds. The Morgan fingerprint density at radius 1 is 1.24 bits per heavy atom. The molecule has 0 aliphatic carbocycles. The second-order valence-electron chi connectivity index (χ2n) is 6.17. The van der Waals surface area contributed by atoms with Gasteiger partial charge in [0.1, 0.15) is 5.75 Å². The molecular formula is C16H23NO3S. The zero-order valence-corrected chi connectivity index (χ0v) is 14.6. The van der Waals surface area contributed by atoms with Gasteiger partial charge in [-0.3, -0.25) is 0 Å². The highest BCUT2D eigenvalue weighted by atomic mass is 32.1. The van der Waals surface area contributed by atoms with Crippen molar-refractivity contribution in [1.82, 2.24) is 4.90 Å². The van der Waals surface area contributed by atoms with E-state index in [1.165, 1.54) is 7.11 Å². The Morgan fingerprint density at radius 2 is 1.81 bits per heavy atom. The second kappa shape index (κ2) is 6.43. The van der Waals surface area contributed by atoms with Crippen LogP contribution in [0.2, 0.25) is 0 Å². The fourth-order valence-electron chi connectivity index (χ4n) is 1.87. The first-order valence-electron chi connectivity index (χ1n) is 6.70. The number of hydrogen-bond acceptors (Lipinski definition) is 4. The number of carbonyl (C=O) groups is 1. The average molecular weight is 309 g/mol. The summed E-state index contributed by atoms with van der Waals surface area (Å²) < 4.78 is 10.6. The zero-order chi connectivity index (χ0) is 16.4. The number of thiocarbonyl (C=S) groups is 1. The molecule has 0 heterocycles. The quantitative estimate of drug-likeness (QED) is 0.619. The van der Waals surface area contributed by atoms with E-state index in [1.807, 2.05) is 33.2 Å². The van der Waals surface area contributed by atoms with E-state index in [9.17, 15) is 4.79 Å². The van der Waals surface area contributed by atoms with Gasteiger partial charge < -0.3 is 14.4 Å². The predicted molar refractivity (Wildman–Crippen MR) is 88.1 cm³/mol. The largest absolute Gasteiger partial charge is 0.465 e. The Balaban J connectivity index is 3.40. The maximum Gasteiger partial charge on any atom is 0.338 e. The van der Waals surface area contributed by atoms with Gasteiger partial charge in [0.05, 0.1) is 12.7 Å². The minimum Gasteiger partial charge on any atom is -0.465 e. The first-order valence-corrected chi connectivity index (χ1v) is 7.11. The van der Waals surface area contributed by atoms with Gasteiger partial charge in [0.15, 0.2) is 0 Å². The van der Waals surface area contributed by atoms with Crippen LogP contribution in [0.3, 0.4) is 0 Å². The van der Waals surface area contributed by atoms with Gasteiger partial charge in [-0.2, -0.15) is 0 Å². The normalized spacial score (nSPS) is 11.0. The van der Waals surface area contributed by atoms with Crippen LogP contribution in [-0.2, 0) is 10.2 Å².